The van der Waals surface area contributed by atoms with Crippen LogP contribution in [-0.2, 0) is 22.6 Å². The number of likely N-dealkylation sites (N-methyl/N-ethyl adjacent to an activating group) is 1. The van der Waals surface area contributed by atoms with Gasteiger partial charge in [0.25, 0.3) is 5.91 Å². The lowest BCUT2D eigenvalue weighted by molar-refractivity contribution is -0.118. The predicted octanol–water partition coefficient (Wildman–Crippen LogP) is 3.22. The van der Waals surface area contributed by atoms with Crippen molar-refractivity contribution in [1.82, 2.24) is 19.0 Å². The third-order valence-corrected chi connectivity index (χ3v) is 5.36. The summed E-state index contributed by atoms with van der Waals surface area (Å²) in [6.07, 6.45) is 3.84. The van der Waals surface area contributed by atoms with Gasteiger partial charge in [-0.2, -0.15) is 0 Å². The molecule has 0 radical (unpaired) electrons. The predicted molar refractivity (Wildman–Crippen MR) is 126 cm³/mol. The Balaban J connectivity index is 1.39. The van der Waals surface area contributed by atoms with Gasteiger partial charge < -0.3 is 28.8 Å². The van der Waals surface area contributed by atoms with E-state index < -0.39 is 0 Å². The minimum atomic E-state index is -0.216. The molecule has 8 nitrogen and oxygen atoms in total. The van der Waals surface area contributed by atoms with E-state index in [2.05, 4.69) is 24.3 Å². The largest absolute Gasteiger partial charge is 0.483 e. The first-order valence-electron chi connectivity index (χ1n) is 10.6. The fourth-order valence-electron chi connectivity index (χ4n) is 3.67. The molecule has 0 atom stereocenters. The zero-order chi connectivity index (χ0) is 22.5. The molecule has 0 spiro atoms. The average Bonchev–Trinajstić information content (AvgIpc) is 3.38. The number of carbonyl (C=O) groups excluding carboxylic acids is 1. The molecule has 2 aromatic carbocycles. The number of carbonyl (C=O) groups is 1. The molecule has 4 rings (SSSR count). The molecule has 2 aromatic heterocycles. The monoisotopic (exact) mass is 435 g/mol. The second-order valence-electron chi connectivity index (χ2n) is 7.97. The van der Waals surface area contributed by atoms with E-state index in [0.717, 1.165) is 41.6 Å². The van der Waals surface area contributed by atoms with Crippen LogP contribution in [0.1, 0.15) is 0 Å². The van der Waals surface area contributed by atoms with Crippen molar-refractivity contribution < 1.29 is 14.3 Å². The number of nitrogens with zero attached hydrogens (tertiary/aromatic N) is 4. The van der Waals surface area contributed by atoms with Crippen molar-refractivity contribution in [2.45, 2.75) is 13.1 Å². The zero-order valence-electron chi connectivity index (χ0n) is 18.7. The van der Waals surface area contributed by atoms with E-state index in [4.69, 9.17) is 9.47 Å². The van der Waals surface area contributed by atoms with Crippen molar-refractivity contribution in [3.05, 3.63) is 55.0 Å². The minimum Gasteiger partial charge on any atom is -0.483 e. The summed E-state index contributed by atoms with van der Waals surface area (Å²) in [7, 11) is 5.78. The SMILES string of the molecule is COCCn1ccc2c(OCC(=O)Nc3ccc4c(c3)ncn4CCN(C)C)cccc21. The molecule has 0 bridgehead atoms. The van der Waals surface area contributed by atoms with Gasteiger partial charge in [0, 0.05) is 44.0 Å². The van der Waals surface area contributed by atoms with Crippen LogP contribution in [0.3, 0.4) is 0 Å². The summed E-state index contributed by atoms with van der Waals surface area (Å²) >= 11 is 0. The van der Waals surface area contributed by atoms with Crippen molar-refractivity contribution in [3.63, 3.8) is 0 Å². The molecular weight excluding hydrogens is 406 g/mol. The lowest BCUT2D eigenvalue weighted by Gasteiger charge is -2.11. The van der Waals surface area contributed by atoms with Crippen molar-refractivity contribution in [3.8, 4) is 5.75 Å². The molecule has 0 unspecified atom stereocenters. The quantitative estimate of drug-likeness (QED) is 0.414. The fraction of sp³-hybridized carbons (Fsp3) is 0.333. The number of imidazole rings is 1. The molecule has 0 aliphatic heterocycles. The number of ether oxygens (including phenoxy) is 2. The first kappa shape index (κ1) is 21.9. The number of hydrogen-bond donors (Lipinski definition) is 1. The van der Waals surface area contributed by atoms with Gasteiger partial charge in [0.05, 0.1) is 29.5 Å². The number of aromatic nitrogens is 3. The van der Waals surface area contributed by atoms with Gasteiger partial charge in [0.2, 0.25) is 0 Å². The third-order valence-electron chi connectivity index (χ3n) is 5.36. The van der Waals surface area contributed by atoms with Gasteiger partial charge >= 0.3 is 0 Å². The Labute approximate surface area is 187 Å². The zero-order valence-corrected chi connectivity index (χ0v) is 18.7. The molecule has 0 saturated carbocycles. The lowest BCUT2D eigenvalue weighted by Crippen LogP contribution is -2.20. The highest BCUT2D eigenvalue weighted by atomic mass is 16.5. The minimum absolute atomic E-state index is 0.0717. The molecule has 1 N–H and O–H groups in total. The summed E-state index contributed by atoms with van der Waals surface area (Å²) in [4.78, 5) is 19.1. The van der Waals surface area contributed by atoms with Crippen LogP contribution in [0.25, 0.3) is 21.9 Å². The van der Waals surface area contributed by atoms with E-state index in [1.807, 2.05) is 69.1 Å². The van der Waals surface area contributed by atoms with E-state index >= 15 is 0 Å². The van der Waals surface area contributed by atoms with Gasteiger partial charge in [-0.25, -0.2) is 4.98 Å². The van der Waals surface area contributed by atoms with Crippen LogP contribution in [0.5, 0.6) is 5.75 Å². The van der Waals surface area contributed by atoms with Crippen LogP contribution in [-0.4, -0.2) is 65.9 Å². The van der Waals surface area contributed by atoms with Crippen LogP contribution in [0.15, 0.2) is 55.0 Å². The van der Waals surface area contributed by atoms with E-state index in [0.29, 0.717) is 18.0 Å². The number of hydrogen-bond acceptors (Lipinski definition) is 5. The number of anilines is 1. The van der Waals surface area contributed by atoms with E-state index in [1.54, 1.807) is 7.11 Å². The molecule has 32 heavy (non-hydrogen) atoms. The smallest absolute Gasteiger partial charge is 0.262 e. The lowest BCUT2D eigenvalue weighted by atomic mass is 10.2. The summed E-state index contributed by atoms with van der Waals surface area (Å²) in [5.41, 5.74) is 3.65. The van der Waals surface area contributed by atoms with Crippen LogP contribution >= 0.6 is 0 Å². The topological polar surface area (TPSA) is 73.5 Å². The summed E-state index contributed by atoms with van der Waals surface area (Å²) in [6.45, 7) is 3.12. The van der Waals surface area contributed by atoms with Gasteiger partial charge in [-0.05, 0) is 50.5 Å². The molecule has 8 heteroatoms. The third kappa shape index (κ3) is 4.92. The molecule has 0 aliphatic rings. The average molecular weight is 436 g/mol. The van der Waals surface area contributed by atoms with Crippen molar-refractivity contribution in [2.24, 2.45) is 0 Å². The number of fused-ring (bicyclic) bond motifs is 2. The standard InChI is InChI=1S/C24H29N5O3/c1-27(2)11-12-29-17-25-20-15-18(7-8-22(20)29)26-24(30)16-32-23-6-4-5-21-19(23)9-10-28(21)13-14-31-3/h4-10,15,17H,11-14,16H2,1-3H3,(H,26,30). The summed E-state index contributed by atoms with van der Waals surface area (Å²) < 4.78 is 15.2. The van der Waals surface area contributed by atoms with E-state index in [9.17, 15) is 4.79 Å². The molecule has 2 heterocycles. The van der Waals surface area contributed by atoms with Crippen LogP contribution in [0, 0.1) is 0 Å². The van der Waals surface area contributed by atoms with Gasteiger partial charge in [0.1, 0.15) is 5.75 Å². The fourth-order valence-corrected chi connectivity index (χ4v) is 3.67. The number of nitrogens with one attached hydrogen (secondary N) is 1. The first-order valence-corrected chi connectivity index (χ1v) is 10.6. The maximum Gasteiger partial charge on any atom is 0.262 e. The van der Waals surface area contributed by atoms with Gasteiger partial charge in [-0.15, -0.1) is 0 Å². The van der Waals surface area contributed by atoms with Gasteiger partial charge in [0.15, 0.2) is 6.61 Å². The molecular formula is C24H29N5O3. The maximum absolute atomic E-state index is 12.5. The summed E-state index contributed by atoms with van der Waals surface area (Å²) in [5, 5.41) is 3.88. The number of benzene rings is 2. The van der Waals surface area contributed by atoms with Crippen molar-refractivity contribution in [1.29, 1.82) is 0 Å². The van der Waals surface area contributed by atoms with E-state index in [-0.39, 0.29) is 12.5 Å². The maximum atomic E-state index is 12.5. The molecule has 0 saturated heterocycles. The molecule has 1 amide bonds. The Kier molecular flexibility index (Phi) is 6.72. The van der Waals surface area contributed by atoms with E-state index in [1.165, 1.54) is 0 Å². The Hall–Kier alpha value is -3.36. The molecule has 0 aliphatic carbocycles. The number of amides is 1. The Morgan fingerprint density at radius 1 is 1.09 bits per heavy atom. The second-order valence-corrected chi connectivity index (χ2v) is 7.97. The molecule has 168 valence electrons. The summed E-state index contributed by atoms with van der Waals surface area (Å²) in [6, 6.07) is 13.6. The Morgan fingerprint density at radius 3 is 2.78 bits per heavy atom. The number of rotatable bonds is 10. The number of methoxy groups -OCH3 is 1. The van der Waals surface area contributed by atoms with Crippen molar-refractivity contribution >= 4 is 33.5 Å². The second kappa shape index (κ2) is 9.84. The highest BCUT2D eigenvalue weighted by Crippen LogP contribution is 2.26. The van der Waals surface area contributed by atoms with Crippen LogP contribution in [0.2, 0.25) is 0 Å². The highest BCUT2D eigenvalue weighted by molar-refractivity contribution is 5.94. The normalized spacial score (nSPS) is 11.5. The Morgan fingerprint density at radius 2 is 1.97 bits per heavy atom. The van der Waals surface area contributed by atoms with Gasteiger partial charge in [-0.3, -0.25) is 4.79 Å². The van der Waals surface area contributed by atoms with Crippen LogP contribution < -0.4 is 10.1 Å². The summed E-state index contributed by atoms with van der Waals surface area (Å²) in [5.74, 6) is 0.469. The van der Waals surface area contributed by atoms with Crippen molar-refractivity contribution in [2.75, 3.05) is 46.3 Å². The van der Waals surface area contributed by atoms with Gasteiger partial charge in [-0.1, -0.05) is 6.07 Å². The highest BCUT2D eigenvalue weighted by Gasteiger charge is 2.10. The Bertz CT molecular complexity index is 1210. The molecule has 4 aromatic rings. The van der Waals surface area contributed by atoms with Crippen LogP contribution in [0.4, 0.5) is 5.69 Å². The molecule has 0 fully saturated rings. The first-order chi connectivity index (χ1) is 15.5.